The van der Waals surface area contributed by atoms with Crippen LogP contribution in [0.25, 0.3) is 0 Å². The van der Waals surface area contributed by atoms with Gasteiger partial charge in [-0.15, -0.1) is 0 Å². The Hall–Kier alpha value is -2.94. The number of amides is 1. The van der Waals surface area contributed by atoms with Crippen molar-refractivity contribution in [1.82, 2.24) is 15.4 Å². The molecule has 2 aromatic rings. The molecule has 9 heteroatoms. The third-order valence-electron chi connectivity index (χ3n) is 3.41. The summed E-state index contributed by atoms with van der Waals surface area (Å²) >= 11 is 4.87. The number of aromatic nitrogens is 2. The van der Waals surface area contributed by atoms with Crippen molar-refractivity contribution in [2.45, 2.75) is 27.2 Å². The Morgan fingerprint density at radius 1 is 1.25 bits per heavy atom. The molecule has 1 heterocycles. The lowest BCUT2D eigenvalue weighted by Gasteiger charge is -2.13. The summed E-state index contributed by atoms with van der Waals surface area (Å²) in [6.07, 6.45) is 1.46. The Morgan fingerprint density at radius 3 is 2.71 bits per heavy atom. The summed E-state index contributed by atoms with van der Waals surface area (Å²) in [6, 6.07) is 6.71. The van der Waals surface area contributed by atoms with Crippen LogP contribution in [-0.2, 0) is 11.2 Å². The predicted octanol–water partition coefficient (Wildman–Crippen LogP) is 2.56. The molecule has 0 saturated carbocycles. The van der Waals surface area contributed by atoms with Crippen LogP contribution in [0.5, 0.6) is 11.5 Å². The molecule has 0 unspecified atom stereocenters. The molecule has 2 rings (SSSR count). The van der Waals surface area contributed by atoms with Crippen LogP contribution in [-0.4, -0.2) is 35.3 Å². The Morgan fingerprint density at radius 2 is 2.04 bits per heavy atom. The standard InChI is InChI=1S/C19H24N4O4S/c1-4-26-16-7-13(5-6-15(16)27-11-12(2)3)10-20-23-18(25)9-14-8-17(24)22-19(28)21-14/h5-8,10,12H,4,9,11H2,1-3H3,(H,23,25)(H2,21,22,24,28)/b20-10-. The number of hydrogen-bond donors (Lipinski definition) is 3. The first kappa shape index (κ1) is 21.4. The van der Waals surface area contributed by atoms with Gasteiger partial charge in [-0.05, 0) is 48.8 Å². The van der Waals surface area contributed by atoms with Gasteiger partial charge in [-0.1, -0.05) is 13.8 Å². The quantitative estimate of drug-likeness (QED) is 0.338. The number of carbonyl (C=O) groups excluding carboxylic acids is 1. The Labute approximate surface area is 168 Å². The highest BCUT2D eigenvalue weighted by molar-refractivity contribution is 7.71. The summed E-state index contributed by atoms with van der Waals surface area (Å²) < 4.78 is 11.5. The van der Waals surface area contributed by atoms with E-state index < -0.39 is 0 Å². The van der Waals surface area contributed by atoms with Crippen molar-refractivity contribution in [3.63, 3.8) is 0 Å². The van der Waals surface area contributed by atoms with Crippen molar-refractivity contribution in [1.29, 1.82) is 0 Å². The van der Waals surface area contributed by atoms with Gasteiger partial charge in [0.2, 0.25) is 5.91 Å². The fourth-order valence-corrected chi connectivity index (χ4v) is 2.49. The molecule has 0 fully saturated rings. The number of hydrogen-bond acceptors (Lipinski definition) is 6. The molecule has 150 valence electrons. The van der Waals surface area contributed by atoms with Gasteiger partial charge in [-0.3, -0.25) is 14.6 Å². The zero-order chi connectivity index (χ0) is 20.5. The molecule has 0 saturated heterocycles. The van der Waals surface area contributed by atoms with Crippen LogP contribution in [0.1, 0.15) is 32.0 Å². The SMILES string of the molecule is CCOc1cc(/C=N\NC(=O)Cc2cc(=O)[nH]c(=S)[nH]2)ccc1OCC(C)C. The number of rotatable bonds is 9. The lowest BCUT2D eigenvalue weighted by atomic mass is 10.2. The topological polar surface area (TPSA) is 109 Å². The van der Waals surface area contributed by atoms with Crippen LogP contribution >= 0.6 is 12.2 Å². The molecule has 3 N–H and O–H groups in total. The minimum absolute atomic E-state index is 0.0446. The summed E-state index contributed by atoms with van der Waals surface area (Å²) in [5.74, 6) is 1.31. The maximum absolute atomic E-state index is 12.0. The van der Waals surface area contributed by atoms with Gasteiger partial charge in [0.1, 0.15) is 0 Å². The molecule has 0 atom stereocenters. The molecule has 0 aliphatic carbocycles. The van der Waals surface area contributed by atoms with Gasteiger partial charge in [0.15, 0.2) is 16.3 Å². The number of carbonyl (C=O) groups is 1. The minimum atomic E-state index is -0.380. The van der Waals surface area contributed by atoms with Gasteiger partial charge >= 0.3 is 0 Å². The minimum Gasteiger partial charge on any atom is -0.490 e. The van der Waals surface area contributed by atoms with Gasteiger partial charge in [-0.25, -0.2) is 5.43 Å². The van der Waals surface area contributed by atoms with Gasteiger partial charge in [0.25, 0.3) is 5.56 Å². The molecule has 8 nitrogen and oxygen atoms in total. The van der Waals surface area contributed by atoms with Crippen LogP contribution < -0.4 is 20.5 Å². The highest BCUT2D eigenvalue weighted by Crippen LogP contribution is 2.28. The summed E-state index contributed by atoms with van der Waals surface area (Å²) in [4.78, 5) is 28.5. The van der Waals surface area contributed by atoms with Crippen molar-refractivity contribution in [2.75, 3.05) is 13.2 Å². The molecule has 0 aliphatic rings. The second kappa shape index (κ2) is 10.4. The van der Waals surface area contributed by atoms with E-state index in [0.717, 1.165) is 5.56 Å². The molecular weight excluding hydrogens is 380 g/mol. The Bertz CT molecular complexity index is 921. The van der Waals surface area contributed by atoms with Crippen molar-refractivity contribution in [2.24, 2.45) is 11.0 Å². The van der Waals surface area contributed by atoms with E-state index in [1.54, 1.807) is 6.07 Å². The smallest absolute Gasteiger partial charge is 0.251 e. The number of nitrogens with one attached hydrogen (secondary N) is 3. The zero-order valence-corrected chi connectivity index (χ0v) is 16.9. The van der Waals surface area contributed by atoms with Gasteiger partial charge in [0.05, 0.1) is 25.8 Å². The zero-order valence-electron chi connectivity index (χ0n) is 16.1. The van der Waals surface area contributed by atoms with E-state index in [4.69, 9.17) is 21.7 Å². The van der Waals surface area contributed by atoms with Crippen LogP contribution in [0.3, 0.4) is 0 Å². The number of nitrogens with zero attached hydrogens (tertiary/aromatic N) is 1. The summed E-state index contributed by atoms with van der Waals surface area (Å²) in [5.41, 5.74) is 3.21. The Balaban J connectivity index is 2.00. The second-order valence-corrected chi connectivity index (χ2v) is 6.84. The van der Waals surface area contributed by atoms with E-state index in [1.807, 2.05) is 19.1 Å². The second-order valence-electron chi connectivity index (χ2n) is 6.43. The normalized spacial score (nSPS) is 11.0. The van der Waals surface area contributed by atoms with Gasteiger partial charge in [0, 0.05) is 11.8 Å². The fraction of sp³-hybridized carbons (Fsp3) is 0.368. The first-order valence-electron chi connectivity index (χ1n) is 8.91. The molecule has 1 aromatic heterocycles. The lowest BCUT2D eigenvalue weighted by molar-refractivity contribution is -0.120. The first-order chi connectivity index (χ1) is 13.4. The number of ether oxygens (including phenoxy) is 2. The average Bonchev–Trinajstić information content (AvgIpc) is 2.60. The van der Waals surface area contributed by atoms with Crippen molar-refractivity contribution < 1.29 is 14.3 Å². The highest BCUT2D eigenvalue weighted by Gasteiger charge is 2.07. The van der Waals surface area contributed by atoms with Crippen LogP contribution in [0.4, 0.5) is 0 Å². The third kappa shape index (κ3) is 6.99. The number of aromatic amines is 2. The molecule has 28 heavy (non-hydrogen) atoms. The van der Waals surface area contributed by atoms with Crippen molar-refractivity contribution in [3.05, 3.63) is 50.6 Å². The molecule has 0 aliphatic heterocycles. The molecular formula is C19H24N4O4S. The molecule has 0 spiro atoms. The van der Waals surface area contributed by atoms with Crippen molar-refractivity contribution in [3.8, 4) is 11.5 Å². The van der Waals surface area contributed by atoms with E-state index in [2.05, 4.69) is 34.3 Å². The molecule has 0 bridgehead atoms. The molecule has 1 aromatic carbocycles. The van der Waals surface area contributed by atoms with Gasteiger partial charge < -0.3 is 14.5 Å². The lowest BCUT2D eigenvalue weighted by Crippen LogP contribution is -2.21. The first-order valence-corrected chi connectivity index (χ1v) is 9.32. The summed E-state index contributed by atoms with van der Waals surface area (Å²) in [7, 11) is 0. The van der Waals surface area contributed by atoms with E-state index >= 15 is 0 Å². The predicted molar refractivity (Wildman–Crippen MR) is 110 cm³/mol. The monoisotopic (exact) mass is 404 g/mol. The van der Waals surface area contributed by atoms with Crippen LogP contribution in [0.15, 0.2) is 34.2 Å². The largest absolute Gasteiger partial charge is 0.490 e. The van der Waals surface area contributed by atoms with Crippen molar-refractivity contribution >= 4 is 24.3 Å². The third-order valence-corrected chi connectivity index (χ3v) is 3.61. The summed E-state index contributed by atoms with van der Waals surface area (Å²) in [5, 5.41) is 3.94. The highest BCUT2D eigenvalue weighted by atomic mass is 32.1. The Kier molecular flexibility index (Phi) is 7.94. The van der Waals surface area contributed by atoms with E-state index in [1.165, 1.54) is 12.3 Å². The fourth-order valence-electron chi connectivity index (χ4n) is 2.25. The van der Waals surface area contributed by atoms with Crippen LogP contribution in [0, 0.1) is 10.7 Å². The summed E-state index contributed by atoms with van der Waals surface area (Å²) in [6.45, 7) is 7.14. The van der Waals surface area contributed by atoms with Gasteiger partial charge in [-0.2, -0.15) is 5.10 Å². The maximum Gasteiger partial charge on any atom is 0.251 e. The molecule has 0 radical (unpaired) electrons. The van der Waals surface area contributed by atoms with Crippen LogP contribution in [0.2, 0.25) is 0 Å². The maximum atomic E-state index is 12.0. The van der Waals surface area contributed by atoms with E-state index in [-0.39, 0.29) is 22.7 Å². The van der Waals surface area contributed by atoms with E-state index in [0.29, 0.717) is 36.3 Å². The number of hydrazone groups is 1. The number of H-pyrrole nitrogens is 2. The average molecular weight is 404 g/mol. The molecule has 1 amide bonds. The number of benzene rings is 1. The van der Waals surface area contributed by atoms with E-state index in [9.17, 15) is 9.59 Å².